The van der Waals surface area contributed by atoms with Crippen LogP contribution in [0.2, 0.25) is 0 Å². The molecular formula is C16H25N3O2. The summed E-state index contributed by atoms with van der Waals surface area (Å²) in [5.74, 6) is 0. The third-order valence-electron chi connectivity index (χ3n) is 3.86. The highest BCUT2D eigenvalue weighted by atomic mass is 16.3. The molecule has 1 aliphatic rings. The summed E-state index contributed by atoms with van der Waals surface area (Å²) in [6.45, 7) is 2.11. The second kappa shape index (κ2) is 6.91. The standard InChI is InChI=1S/C16H25N3O2/c1-19(2)10-14-5-3-4-13(8-14)9-17-15(21)18-11-16(12-20)6-7-16/h3-5,8,20H,6-7,9-12H2,1-2H3,(H2,17,18,21). The number of nitrogens with one attached hydrogen (secondary N) is 2. The Kier molecular flexibility index (Phi) is 5.20. The number of amides is 2. The van der Waals surface area contributed by atoms with Crippen LogP contribution in [0.3, 0.4) is 0 Å². The summed E-state index contributed by atoms with van der Waals surface area (Å²) < 4.78 is 0. The van der Waals surface area contributed by atoms with Gasteiger partial charge in [-0.25, -0.2) is 4.79 Å². The van der Waals surface area contributed by atoms with Gasteiger partial charge in [0.1, 0.15) is 0 Å². The van der Waals surface area contributed by atoms with Gasteiger partial charge in [-0.15, -0.1) is 0 Å². The first-order valence-electron chi connectivity index (χ1n) is 7.38. The predicted molar refractivity (Wildman–Crippen MR) is 82.8 cm³/mol. The van der Waals surface area contributed by atoms with Crippen LogP contribution in [0.15, 0.2) is 24.3 Å². The number of hydrogen-bond donors (Lipinski definition) is 3. The predicted octanol–water partition coefficient (Wildman–Crippen LogP) is 1.32. The van der Waals surface area contributed by atoms with E-state index in [1.165, 1.54) is 5.56 Å². The first-order valence-corrected chi connectivity index (χ1v) is 7.38. The zero-order chi connectivity index (χ0) is 15.3. The van der Waals surface area contributed by atoms with Crippen LogP contribution in [-0.2, 0) is 13.1 Å². The average molecular weight is 291 g/mol. The van der Waals surface area contributed by atoms with Crippen LogP contribution < -0.4 is 10.6 Å². The molecule has 0 bridgehead atoms. The summed E-state index contributed by atoms with van der Waals surface area (Å²) in [5, 5.41) is 14.9. The van der Waals surface area contributed by atoms with Crippen LogP contribution in [0.25, 0.3) is 0 Å². The maximum absolute atomic E-state index is 11.8. The van der Waals surface area contributed by atoms with E-state index < -0.39 is 0 Å². The van der Waals surface area contributed by atoms with E-state index in [4.69, 9.17) is 0 Å². The Balaban J connectivity index is 1.75. The van der Waals surface area contributed by atoms with Crippen LogP contribution in [-0.4, -0.2) is 43.3 Å². The Morgan fingerprint density at radius 3 is 2.62 bits per heavy atom. The van der Waals surface area contributed by atoms with Crippen molar-refractivity contribution in [3.63, 3.8) is 0 Å². The van der Waals surface area contributed by atoms with Gasteiger partial charge in [0.15, 0.2) is 0 Å². The number of benzene rings is 1. The van der Waals surface area contributed by atoms with E-state index in [0.29, 0.717) is 13.1 Å². The quantitative estimate of drug-likeness (QED) is 0.710. The summed E-state index contributed by atoms with van der Waals surface area (Å²) in [6.07, 6.45) is 1.99. The van der Waals surface area contributed by atoms with Gasteiger partial charge in [-0.05, 0) is 38.1 Å². The van der Waals surface area contributed by atoms with Gasteiger partial charge in [-0.3, -0.25) is 0 Å². The van der Waals surface area contributed by atoms with Gasteiger partial charge in [0.25, 0.3) is 0 Å². The maximum Gasteiger partial charge on any atom is 0.315 e. The SMILES string of the molecule is CN(C)Cc1cccc(CNC(=O)NCC2(CO)CC2)c1. The van der Waals surface area contributed by atoms with Crippen LogP contribution in [0.4, 0.5) is 4.79 Å². The molecule has 1 aromatic carbocycles. The number of aliphatic hydroxyl groups excluding tert-OH is 1. The maximum atomic E-state index is 11.8. The van der Waals surface area contributed by atoms with E-state index in [1.54, 1.807) is 0 Å². The molecule has 0 spiro atoms. The zero-order valence-corrected chi connectivity index (χ0v) is 12.9. The van der Waals surface area contributed by atoms with Gasteiger partial charge in [0.2, 0.25) is 0 Å². The largest absolute Gasteiger partial charge is 0.396 e. The van der Waals surface area contributed by atoms with Gasteiger partial charge < -0.3 is 20.6 Å². The smallest absolute Gasteiger partial charge is 0.315 e. The molecule has 1 saturated carbocycles. The molecule has 0 radical (unpaired) electrons. The fraction of sp³-hybridized carbons (Fsp3) is 0.562. The number of aliphatic hydroxyl groups is 1. The van der Waals surface area contributed by atoms with Crippen LogP contribution >= 0.6 is 0 Å². The molecule has 3 N–H and O–H groups in total. The second-order valence-electron chi connectivity index (χ2n) is 6.25. The number of urea groups is 1. The summed E-state index contributed by atoms with van der Waals surface area (Å²) in [7, 11) is 4.07. The van der Waals surface area contributed by atoms with E-state index in [0.717, 1.165) is 24.9 Å². The Labute approximate surface area is 126 Å². The topological polar surface area (TPSA) is 64.6 Å². The Hall–Kier alpha value is -1.59. The Morgan fingerprint density at radius 1 is 1.29 bits per heavy atom. The van der Waals surface area contributed by atoms with Gasteiger partial charge in [-0.1, -0.05) is 24.3 Å². The molecule has 1 fully saturated rings. The monoisotopic (exact) mass is 291 g/mol. The minimum absolute atomic E-state index is 0.0526. The minimum Gasteiger partial charge on any atom is -0.396 e. The number of hydrogen-bond acceptors (Lipinski definition) is 3. The van der Waals surface area contributed by atoms with Crippen molar-refractivity contribution < 1.29 is 9.90 Å². The van der Waals surface area contributed by atoms with E-state index in [2.05, 4.69) is 27.7 Å². The van der Waals surface area contributed by atoms with E-state index >= 15 is 0 Å². The molecule has 0 heterocycles. The molecule has 0 saturated heterocycles. The number of carbonyl (C=O) groups is 1. The lowest BCUT2D eigenvalue weighted by Crippen LogP contribution is -2.39. The highest BCUT2D eigenvalue weighted by Crippen LogP contribution is 2.44. The number of rotatable bonds is 7. The van der Waals surface area contributed by atoms with Gasteiger partial charge in [0, 0.05) is 25.0 Å². The van der Waals surface area contributed by atoms with Gasteiger partial charge in [-0.2, -0.15) is 0 Å². The van der Waals surface area contributed by atoms with Crippen molar-refractivity contribution in [2.24, 2.45) is 5.41 Å². The normalized spacial score (nSPS) is 15.8. The van der Waals surface area contributed by atoms with Crippen molar-refractivity contribution in [2.45, 2.75) is 25.9 Å². The van der Waals surface area contributed by atoms with Gasteiger partial charge >= 0.3 is 6.03 Å². The fourth-order valence-electron chi connectivity index (χ4n) is 2.28. The van der Waals surface area contributed by atoms with Crippen molar-refractivity contribution >= 4 is 6.03 Å². The van der Waals surface area contributed by atoms with Crippen molar-refractivity contribution in [2.75, 3.05) is 27.2 Å². The zero-order valence-electron chi connectivity index (χ0n) is 12.9. The molecule has 5 heteroatoms. The Morgan fingerprint density at radius 2 is 2.00 bits per heavy atom. The molecule has 21 heavy (non-hydrogen) atoms. The molecule has 0 unspecified atom stereocenters. The van der Waals surface area contributed by atoms with E-state index in [-0.39, 0.29) is 18.1 Å². The van der Waals surface area contributed by atoms with Crippen LogP contribution in [0.5, 0.6) is 0 Å². The highest BCUT2D eigenvalue weighted by molar-refractivity contribution is 5.73. The molecule has 116 valence electrons. The summed E-state index contributed by atoms with van der Waals surface area (Å²) in [5.41, 5.74) is 2.27. The molecule has 1 aromatic rings. The Bertz CT molecular complexity index is 484. The lowest BCUT2D eigenvalue weighted by molar-refractivity contribution is 0.203. The summed E-state index contributed by atoms with van der Waals surface area (Å²) >= 11 is 0. The number of nitrogens with zero attached hydrogens (tertiary/aromatic N) is 1. The fourth-order valence-corrected chi connectivity index (χ4v) is 2.28. The molecule has 0 aliphatic heterocycles. The average Bonchev–Trinajstić information content (AvgIpc) is 3.23. The van der Waals surface area contributed by atoms with Crippen molar-refractivity contribution in [3.05, 3.63) is 35.4 Å². The lowest BCUT2D eigenvalue weighted by atomic mass is 10.1. The number of carbonyl (C=O) groups excluding carboxylic acids is 1. The minimum atomic E-state index is -0.173. The lowest BCUT2D eigenvalue weighted by Gasteiger charge is -2.14. The molecule has 1 aliphatic carbocycles. The molecule has 2 rings (SSSR count). The molecule has 5 nitrogen and oxygen atoms in total. The van der Waals surface area contributed by atoms with Crippen LogP contribution in [0, 0.1) is 5.41 Å². The highest BCUT2D eigenvalue weighted by Gasteiger charge is 2.42. The van der Waals surface area contributed by atoms with Crippen molar-refractivity contribution in [3.8, 4) is 0 Å². The van der Waals surface area contributed by atoms with Crippen molar-refractivity contribution in [1.29, 1.82) is 0 Å². The van der Waals surface area contributed by atoms with Crippen molar-refractivity contribution in [1.82, 2.24) is 15.5 Å². The molecule has 2 amide bonds. The third kappa shape index (κ3) is 5.02. The van der Waals surface area contributed by atoms with E-state index in [1.807, 2.05) is 26.2 Å². The van der Waals surface area contributed by atoms with E-state index in [9.17, 15) is 9.90 Å². The van der Waals surface area contributed by atoms with Crippen LogP contribution in [0.1, 0.15) is 24.0 Å². The first kappa shape index (κ1) is 15.8. The molecular weight excluding hydrogens is 266 g/mol. The second-order valence-corrected chi connectivity index (χ2v) is 6.25. The first-order chi connectivity index (χ1) is 10.0. The summed E-state index contributed by atoms with van der Waals surface area (Å²) in [4.78, 5) is 13.9. The molecule has 0 atom stereocenters. The van der Waals surface area contributed by atoms with Gasteiger partial charge in [0.05, 0.1) is 6.61 Å². The summed E-state index contributed by atoms with van der Waals surface area (Å²) in [6, 6.07) is 8.04. The third-order valence-corrected chi connectivity index (χ3v) is 3.86. The molecule has 0 aromatic heterocycles.